The minimum atomic E-state index is 0.720. The third kappa shape index (κ3) is 4.38. The Labute approximate surface area is 144 Å². The van der Waals surface area contributed by atoms with Gasteiger partial charge in [-0.3, -0.25) is 4.90 Å². The standard InChI is InChI=1S/C18H26Cl2N2/c19-16-7-6-15(18(20)10-16)13-22(12-14-8-9-21-11-14)17-4-2-1-3-5-17/h6-7,10,14,17,21H,1-5,8-9,11-13H2/t14-/m0/s1. The van der Waals surface area contributed by atoms with Crippen molar-refractivity contribution in [3.63, 3.8) is 0 Å². The Kier molecular flexibility index (Phi) is 6.03. The van der Waals surface area contributed by atoms with Crippen LogP contribution in [-0.4, -0.2) is 30.6 Å². The lowest BCUT2D eigenvalue weighted by Gasteiger charge is -2.36. The summed E-state index contributed by atoms with van der Waals surface area (Å²) in [5.41, 5.74) is 1.21. The molecule has 0 unspecified atom stereocenters. The van der Waals surface area contributed by atoms with Gasteiger partial charge in [0.25, 0.3) is 0 Å². The molecule has 1 aromatic carbocycles. The summed E-state index contributed by atoms with van der Waals surface area (Å²) in [7, 11) is 0. The van der Waals surface area contributed by atoms with E-state index >= 15 is 0 Å². The van der Waals surface area contributed by atoms with E-state index in [0.29, 0.717) is 0 Å². The average Bonchev–Trinajstić information content (AvgIpc) is 3.03. The molecule has 2 aliphatic rings. The molecule has 0 amide bonds. The van der Waals surface area contributed by atoms with E-state index in [0.717, 1.165) is 35.1 Å². The normalized spacial score (nSPS) is 23.3. The average molecular weight is 341 g/mol. The molecule has 0 bridgehead atoms. The first-order valence-electron chi connectivity index (χ1n) is 8.61. The molecule has 1 aliphatic carbocycles. The van der Waals surface area contributed by atoms with Gasteiger partial charge in [-0.05, 0) is 56.0 Å². The number of halogens is 2. The minimum absolute atomic E-state index is 0.720. The second-order valence-electron chi connectivity index (χ2n) is 6.82. The molecule has 2 fully saturated rings. The Hall–Kier alpha value is -0.280. The van der Waals surface area contributed by atoms with Crippen LogP contribution in [0.5, 0.6) is 0 Å². The van der Waals surface area contributed by atoms with Crippen LogP contribution in [0.25, 0.3) is 0 Å². The fourth-order valence-electron chi connectivity index (χ4n) is 3.86. The summed E-state index contributed by atoms with van der Waals surface area (Å²) in [5, 5.41) is 5.02. The second-order valence-corrected chi connectivity index (χ2v) is 7.66. The van der Waals surface area contributed by atoms with Crippen LogP contribution in [0.2, 0.25) is 10.0 Å². The van der Waals surface area contributed by atoms with Crippen molar-refractivity contribution < 1.29 is 0 Å². The van der Waals surface area contributed by atoms with E-state index < -0.39 is 0 Å². The van der Waals surface area contributed by atoms with Crippen molar-refractivity contribution in [2.24, 2.45) is 5.92 Å². The van der Waals surface area contributed by atoms with E-state index in [1.165, 1.54) is 57.2 Å². The molecule has 3 rings (SSSR count). The van der Waals surface area contributed by atoms with Crippen molar-refractivity contribution in [2.75, 3.05) is 19.6 Å². The Balaban J connectivity index is 1.71. The highest BCUT2D eigenvalue weighted by atomic mass is 35.5. The van der Waals surface area contributed by atoms with E-state index in [2.05, 4.69) is 16.3 Å². The molecule has 1 N–H and O–H groups in total. The molecule has 4 heteroatoms. The molecule has 1 atom stereocenters. The van der Waals surface area contributed by atoms with Crippen molar-refractivity contribution in [1.29, 1.82) is 0 Å². The molecule has 122 valence electrons. The molecule has 1 aliphatic heterocycles. The smallest absolute Gasteiger partial charge is 0.0465 e. The first-order valence-corrected chi connectivity index (χ1v) is 9.36. The Morgan fingerprint density at radius 1 is 1.09 bits per heavy atom. The summed E-state index contributed by atoms with van der Waals surface area (Å²) < 4.78 is 0. The Bertz CT molecular complexity index is 480. The van der Waals surface area contributed by atoms with Gasteiger partial charge in [0, 0.05) is 29.2 Å². The zero-order valence-electron chi connectivity index (χ0n) is 13.2. The predicted octanol–water partition coefficient (Wildman–Crippen LogP) is 4.74. The van der Waals surface area contributed by atoms with Crippen LogP contribution >= 0.6 is 23.2 Å². The SMILES string of the molecule is Clc1ccc(CN(C[C@H]2CCNC2)C2CCCCC2)c(Cl)c1. The maximum Gasteiger partial charge on any atom is 0.0465 e. The number of benzene rings is 1. The van der Waals surface area contributed by atoms with E-state index in [-0.39, 0.29) is 0 Å². The van der Waals surface area contributed by atoms with Crippen LogP contribution in [0.15, 0.2) is 18.2 Å². The highest BCUT2D eigenvalue weighted by Crippen LogP contribution is 2.28. The molecule has 1 saturated heterocycles. The Morgan fingerprint density at radius 3 is 2.59 bits per heavy atom. The van der Waals surface area contributed by atoms with Gasteiger partial charge in [-0.15, -0.1) is 0 Å². The van der Waals surface area contributed by atoms with E-state index in [9.17, 15) is 0 Å². The first-order chi connectivity index (χ1) is 10.7. The molecule has 1 heterocycles. The van der Waals surface area contributed by atoms with Crippen LogP contribution in [0.3, 0.4) is 0 Å². The van der Waals surface area contributed by atoms with Gasteiger partial charge in [0.15, 0.2) is 0 Å². The van der Waals surface area contributed by atoms with E-state index in [1.807, 2.05) is 12.1 Å². The summed E-state index contributed by atoms with van der Waals surface area (Å²) in [6.45, 7) is 4.48. The molecule has 1 saturated carbocycles. The van der Waals surface area contributed by atoms with Crippen molar-refractivity contribution in [1.82, 2.24) is 10.2 Å². The van der Waals surface area contributed by atoms with Crippen molar-refractivity contribution in [3.05, 3.63) is 33.8 Å². The van der Waals surface area contributed by atoms with Crippen LogP contribution in [-0.2, 0) is 6.54 Å². The summed E-state index contributed by atoms with van der Waals surface area (Å²) >= 11 is 12.4. The quantitative estimate of drug-likeness (QED) is 0.832. The van der Waals surface area contributed by atoms with Crippen LogP contribution < -0.4 is 5.32 Å². The zero-order valence-corrected chi connectivity index (χ0v) is 14.7. The number of nitrogens with one attached hydrogen (secondary N) is 1. The molecule has 0 spiro atoms. The highest BCUT2D eigenvalue weighted by molar-refractivity contribution is 6.35. The van der Waals surface area contributed by atoms with Gasteiger partial charge in [-0.2, -0.15) is 0 Å². The van der Waals surface area contributed by atoms with Gasteiger partial charge in [0.1, 0.15) is 0 Å². The number of rotatable bonds is 5. The lowest BCUT2D eigenvalue weighted by molar-refractivity contribution is 0.128. The fourth-order valence-corrected chi connectivity index (χ4v) is 4.33. The predicted molar refractivity (Wildman–Crippen MR) is 94.7 cm³/mol. The summed E-state index contributed by atoms with van der Waals surface area (Å²) in [4.78, 5) is 2.69. The van der Waals surface area contributed by atoms with Crippen LogP contribution in [0, 0.1) is 5.92 Å². The third-order valence-electron chi connectivity index (χ3n) is 5.13. The summed E-state index contributed by atoms with van der Waals surface area (Å²) in [6.07, 6.45) is 8.13. The maximum absolute atomic E-state index is 6.41. The molecular formula is C18H26Cl2N2. The fraction of sp³-hybridized carbons (Fsp3) is 0.667. The van der Waals surface area contributed by atoms with Crippen molar-refractivity contribution in [2.45, 2.75) is 51.1 Å². The molecule has 1 aromatic rings. The third-order valence-corrected chi connectivity index (χ3v) is 5.72. The number of nitrogens with zero attached hydrogens (tertiary/aromatic N) is 1. The largest absolute Gasteiger partial charge is 0.316 e. The van der Waals surface area contributed by atoms with E-state index in [1.54, 1.807) is 0 Å². The van der Waals surface area contributed by atoms with Crippen LogP contribution in [0.4, 0.5) is 0 Å². The zero-order chi connectivity index (χ0) is 15.4. The van der Waals surface area contributed by atoms with Gasteiger partial charge in [-0.1, -0.05) is 48.5 Å². The lowest BCUT2D eigenvalue weighted by Crippen LogP contribution is -2.40. The molecule has 2 nitrogen and oxygen atoms in total. The molecular weight excluding hydrogens is 315 g/mol. The lowest BCUT2D eigenvalue weighted by atomic mass is 9.92. The first kappa shape index (κ1) is 16.6. The van der Waals surface area contributed by atoms with Gasteiger partial charge in [0.2, 0.25) is 0 Å². The van der Waals surface area contributed by atoms with Gasteiger partial charge >= 0.3 is 0 Å². The molecule has 0 radical (unpaired) electrons. The number of hydrogen-bond acceptors (Lipinski definition) is 2. The van der Waals surface area contributed by atoms with Gasteiger partial charge in [-0.25, -0.2) is 0 Å². The summed E-state index contributed by atoms with van der Waals surface area (Å²) in [5.74, 6) is 0.785. The minimum Gasteiger partial charge on any atom is -0.316 e. The molecule has 0 aromatic heterocycles. The molecule has 22 heavy (non-hydrogen) atoms. The monoisotopic (exact) mass is 340 g/mol. The second kappa shape index (κ2) is 8.01. The van der Waals surface area contributed by atoms with Crippen LogP contribution in [0.1, 0.15) is 44.1 Å². The van der Waals surface area contributed by atoms with Gasteiger partial charge in [0.05, 0.1) is 0 Å². The maximum atomic E-state index is 6.41. The highest BCUT2D eigenvalue weighted by Gasteiger charge is 2.26. The Morgan fingerprint density at radius 2 is 1.91 bits per heavy atom. The van der Waals surface area contributed by atoms with Gasteiger partial charge < -0.3 is 5.32 Å². The van der Waals surface area contributed by atoms with Crippen molar-refractivity contribution in [3.8, 4) is 0 Å². The topological polar surface area (TPSA) is 15.3 Å². The van der Waals surface area contributed by atoms with E-state index in [4.69, 9.17) is 23.2 Å². The number of hydrogen-bond donors (Lipinski definition) is 1. The summed E-state index contributed by atoms with van der Waals surface area (Å²) in [6, 6.07) is 6.64. The van der Waals surface area contributed by atoms with Crippen molar-refractivity contribution >= 4 is 23.2 Å².